The summed E-state index contributed by atoms with van der Waals surface area (Å²) < 4.78 is 10.4. The Morgan fingerprint density at radius 2 is 1.00 bits per heavy atom. The van der Waals surface area contributed by atoms with Gasteiger partial charge in [0, 0.05) is 64.4 Å². The second kappa shape index (κ2) is 11.9. The molecule has 0 saturated heterocycles. The molecule has 13 heteroatoms. The molecule has 10 aromatic rings. The van der Waals surface area contributed by atoms with E-state index in [1.807, 2.05) is 66.1 Å². The van der Waals surface area contributed by atoms with E-state index >= 15 is 0 Å². The van der Waals surface area contributed by atoms with E-state index in [0.717, 1.165) is 72.7 Å². The minimum absolute atomic E-state index is 0.186. The van der Waals surface area contributed by atoms with E-state index in [0.29, 0.717) is 17.4 Å². The average Bonchev–Trinajstić information content (AvgIpc) is 3.99. The van der Waals surface area contributed by atoms with Crippen molar-refractivity contribution < 1.29 is 0 Å². The molecule has 0 atom stereocenters. The van der Waals surface area contributed by atoms with Crippen molar-refractivity contribution in [2.24, 2.45) is 0 Å². The average molecular weight is 728 g/mol. The molecule has 0 bridgehead atoms. The van der Waals surface area contributed by atoms with E-state index in [-0.39, 0.29) is 17.5 Å². The van der Waals surface area contributed by atoms with Crippen molar-refractivity contribution in [1.82, 2.24) is 52.6 Å². The fourth-order valence-electron chi connectivity index (χ4n) is 7.58. The number of fused-ring (bicyclic) bond motifs is 2. The van der Waals surface area contributed by atoms with Gasteiger partial charge in [-0.25, -0.2) is 14.4 Å². The number of benzene rings is 2. The summed E-state index contributed by atoms with van der Waals surface area (Å²) in [5.41, 5.74) is 8.11. The van der Waals surface area contributed by atoms with Gasteiger partial charge >= 0.3 is 0 Å². The summed E-state index contributed by atoms with van der Waals surface area (Å²) in [6.07, 6.45) is 11.9. The molecule has 2 N–H and O–H groups in total. The van der Waals surface area contributed by atoms with E-state index in [9.17, 15) is 0 Å². The molecule has 7 heterocycles. The zero-order valence-electron chi connectivity index (χ0n) is 31.8. The lowest BCUT2D eigenvalue weighted by Crippen LogP contribution is -2.20. The zero-order chi connectivity index (χ0) is 37.7. The van der Waals surface area contributed by atoms with E-state index < -0.39 is 0 Å². The Hall–Kier alpha value is -6.76. The first-order valence-corrected chi connectivity index (χ1v) is 18.7. The lowest BCUT2D eigenvalue weighted by molar-refractivity contribution is 0.545. The third kappa shape index (κ3) is 5.21. The SMILES string of the molecule is CC(C)Nc1cc(-n2cccc2)cc2ncn(-c3nc4nc(C(C)(C)C)nc5nc(-n6cnc7cc(-n8cccc8)cc(NC(C)C)c76)c6ccc3c6n45)c12. The molecule has 0 aliphatic carbocycles. The molecule has 0 saturated carbocycles. The Labute approximate surface area is 316 Å². The van der Waals surface area contributed by atoms with Crippen LogP contribution in [0.3, 0.4) is 0 Å². The van der Waals surface area contributed by atoms with E-state index in [1.165, 1.54) is 0 Å². The predicted molar refractivity (Wildman–Crippen MR) is 219 cm³/mol. The van der Waals surface area contributed by atoms with Gasteiger partial charge in [0.05, 0.1) is 39.0 Å². The second-order valence-electron chi connectivity index (χ2n) is 15.8. The van der Waals surface area contributed by atoms with Crippen LogP contribution in [-0.4, -0.2) is 64.7 Å². The van der Waals surface area contributed by atoms with Gasteiger partial charge in [0.2, 0.25) is 11.6 Å². The molecule has 0 amide bonds. The molecule has 0 aliphatic heterocycles. The number of aromatic nitrogens is 11. The molecular formula is C42H41N13. The number of rotatable bonds is 8. The Kier molecular flexibility index (Phi) is 7.09. The Morgan fingerprint density at radius 3 is 1.40 bits per heavy atom. The van der Waals surface area contributed by atoms with Gasteiger partial charge in [0.25, 0.3) is 0 Å². The molecule has 0 unspecified atom stereocenters. The highest BCUT2D eigenvalue weighted by molar-refractivity contribution is 6.08. The zero-order valence-corrected chi connectivity index (χ0v) is 31.8. The van der Waals surface area contributed by atoms with Crippen LogP contribution in [0.25, 0.3) is 72.9 Å². The first-order valence-electron chi connectivity index (χ1n) is 18.7. The van der Waals surface area contributed by atoms with Gasteiger partial charge < -0.3 is 19.8 Å². The molecule has 0 radical (unpaired) electrons. The Balaban J connectivity index is 1.26. The quantitative estimate of drug-likeness (QED) is 0.160. The molecule has 13 nitrogen and oxygen atoms in total. The van der Waals surface area contributed by atoms with Gasteiger partial charge in [0.15, 0.2) is 11.6 Å². The number of imidazole rings is 2. The summed E-state index contributed by atoms with van der Waals surface area (Å²) in [7, 11) is 0. The van der Waals surface area contributed by atoms with Gasteiger partial charge in [-0.1, -0.05) is 20.8 Å². The van der Waals surface area contributed by atoms with E-state index in [2.05, 4.69) is 114 Å². The molecule has 0 fully saturated rings. The number of nitrogens with one attached hydrogen (secondary N) is 2. The van der Waals surface area contributed by atoms with Crippen LogP contribution in [0.5, 0.6) is 0 Å². The van der Waals surface area contributed by atoms with Crippen LogP contribution in [0.2, 0.25) is 0 Å². The van der Waals surface area contributed by atoms with Gasteiger partial charge in [-0.3, -0.25) is 9.13 Å². The lowest BCUT2D eigenvalue weighted by Gasteiger charge is -2.20. The topological polar surface area (TPSA) is 126 Å². The first-order chi connectivity index (χ1) is 26.5. The second-order valence-corrected chi connectivity index (χ2v) is 15.8. The van der Waals surface area contributed by atoms with Crippen molar-refractivity contribution in [3.05, 3.63) is 104 Å². The highest BCUT2D eigenvalue weighted by Crippen LogP contribution is 2.38. The van der Waals surface area contributed by atoms with Crippen LogP contribution in [-0.2, 0) is 5.41 Å². The van der Waals surface area contributed by atoms with E-state index in [4.69, 9.17) is 29.9 Å². The molecule has 0 spiro atoms. The predicted octanol–water partition coefficient (Wildman–Crippen LogP) is 8.46. The molecule has 0 aliphatic rings. The number of hydrogen-bond donors (Lipinski definition) is 2. The standard InChI is InChI=1S/C42H41N13/c1-24(2)45-32-20-26(51-14-8-9-15-51)18-30-35(32)53(22-43-30)37-28-12-13-29-34(28)55-40(47-37)49-39(42(5,6)7)50-41(55)48-38(29)54-23-44-31-19-27(52-16-10-11-17-52)21-33(36(31)54)46-25(3)4/h8-25,45-46H,1-7H3. The lowest BCUT2D eigenvalue weighted by atomic mass is 9.96. The smallest absolute Gasteiger partial charge is 0.240 e. The first kappa shape index (κ1) is 32.9. The maximum absolute atomic E-state index is 5.29. The van der Waals surface area contributed by atoms with Gasteiger partial charge in [-0.05, 0) is 88.4 Å². The third-order valence-corrected chi connectivity index (χ3v) is 9.93. The fourth-order valence-corrected chi connectivity index (χ4v) is 7.58. The molecular weight excluding hydrogens is 687 g/mol. The summed E-state index contributed by atoms with van der Waals surface area (Å²) in [6.45, 7) is 14.9. The third-order valence-electron chi connectivity index (χ3n) is 9.93. The van der Waals surface area contributed by atoms with E-state index in [1.54, 1.807) is 0 Å². The molecule has 55 heavy (non-hydrogen) atoms. The normalized spacial score (nSPS) is 12.6. The minimum atomic E-state index is -0.361. The van der Waals surface area contributed by atoms with Crippen LogP contribution in [0.1, 0.15) is 54.3 Å². The van der Waals surface area contributed by atoms with Crippen molar-refractivity contribution in [3.63, 3.8) is 0 Å². The van der Waals surface area contributed by atoms with Crippen LogP contribution >= 0.6 is 0 Å². The highest BCUT2D eigenvalue weighted by Gasteiger charge is 2.27. The van der Waals surface area contributed by atoms with Crippen LogP contribution in [0.15, 0.2) is 98.1 Å². The number of anilines is 2. The summed E-state index contributed by atoms with van der Waals surface area (Å²) in [5.74, 6) is 3.14. The van der Waals surface area contributed by atoms with Crippen LogP contribution in [0.4, 0.5) is 11.4 Å². The summed E-state index contributed by atoms with van der Waals surface area (Å²) in [5, 5.41) is 9.24. The van der Waals surface area contributed by atoms with Crippen molar-refractivity contribution >= 4 is 61.3 Å². The maximum atomic E-state index is 5.29. The molecule has 3 aromatic carbocycles. The molecule has 7 aromatic heterocycles. The summed E-state index contributed by atoms with van der Waals surface area (Å²) in [6, 6.07) is 21.3. The largest absolute Gasteiger partial charge is 0.381 e. The highest BCUT2D eigenvalue weighted by atomic mass is 15.3. The van der Waals surface area contributed by atoms with Crippen LogP contribution < -0.4 is 10.6 Å². The van der Waals surface area contributed by atoms with Crippen LogP contribution in [0, 0.1) is 0 Å². The number of hydrogen-bond acceptors (Lipinski definition) is 8. The monoisotopic (exact) mass is 727 g/mol. The molecule has 274 valence electrons. The molecule has 10 rings (SSSR count). The maximum Gasteiger partial charge on any atom is 0.240 e. The van der Waals surface area contributed by atoms with Gasteiger partial charge in [0.1, 0.15) is 18.5 Å². The van der Waals surface area contributed by atoms with Crippen molar-refractivity contribution in [2.45, 2.75) is 66.0 Å². The van der Waals surface area contributed by atoms with Crippen molar-refractivity contribution in [3.8, 4) is 23.0 Å². The van der Waals surface area contributed by atoms with Crippen molar-refractivity contribution in [1.29, 1.82) is 0 Å². The fraction of sp³-hybridized carbons (Fsp3) is 0.238. The minimum Gasteiger partial charge on any atom is -0.381 e. The van der Waals surface area contributed by atoms with Gasteiger partial charge in [-0.2, -0.15) is 19.9 Å². The Bertz CT molecular complexity index is 2830. The van der Waals surface area contributed by atoms with Crippen molar-refractivity contribution in [2.75, 3.05) is 10.6 Å². The summed E-state index contributed by atoms with van der Waals surface area (Å²) >= 11 is 0. The van der Waals surface area contributed by atoms with Gasteiger partial charge in [-0.15, -0.1) is 0 Å². The number of nitrogens with zero attached hydrogens (tertiary/aromatic N) is 11. The Morgan fingerprint density at radius 1 is 0.564 bits per heavy atom. The summed E-state index contributed by atoms with van der Waals surface area (Å²) in [4.78, 5) is 30.7.